The molecule has 76 valence electrons. The Morgan fingerprint density at radius 2 is 2.14 bits per heavy atom. The zero-order chi connectivity index (χ0) is 11.0. The molecule has 1 aromatic heterocycles. The molecule has 0 atom stereocenters. The second-order valence-corrected chi connectivity index (χ2v) is 2.52. The topological polar surface area (TPSA) is 26.0 Å². The van der Waals surface area contributed by atoms with Crippen molar-refractivity contribution in [3.8, 4) is 0 Å². The van der Waals surface area contributed by atoms with Crippen molar-refractivity contribution in [2.24, 2.45) is 0 Å². The van der Waals surface area contributed by atoms with Gasteiger partial charge in [0.15, 0.2) is 12.2 Å². The molecule has 1 heterocycles. The maximum atomic E-state index is 5.10. The van der Waals surface area contributed by atoms with Crippen molar-refractivity contribution in [2.75, 3.05) is 0 Å². The first-order chi connectivity index (χ1) is 6.74. The summed E-state index contributed by atoms with van der Waals surface area (Å²) < 4.78 is 5.10. The average Bonchev–Trinajstić information content (AvgIpc) is 2.70. The Labute approximate surface area is 85.7 Å². The van der Waals surface area contributed by atoms with Crippen LogP contribution in [0.2, 0.25) is 0 Å². The van der Waals surface area contributed by atoms with Crippen LogP contribution < -0.4 is 0 Å². The third-order valence-corrected chi connectivity index (χ3v) is 1.34. The van der Waals surface area contributed by atoms with Crippen molar-refractivity contribution < 1.29 is 4.42 Å². The number of aromatic nitrogens is 1. The predicted molar refractivity (Wildman–Crippen MR) is 60.8 cm³/mol. The van der Waals surface area contributed by atoms with Gasteiger partial charge >= 0.3 is 0 Å². The van der Waals surface area contributed by atoms with E-state index in [4.69, 9.17) is 4.42 Å². The van der Waals surface area contributed by atoms with Gasteiger partial charge in [0, 0.05) is 5.57 Å². The van der Waals surface area contributed by atoms with E-state index in [9.17, 15) is 0 Å². The average molecular weight is 191 g/mol. The van der Waals surface area contributed by atoms with Gasteiger partial charge in [-0.3, -0.25) is 0 Å². The third kappa shape index (κ3) is 3.90. The molecule has 0 saturated carbocycles. The maximum absolute atomic E-state index is 5.10. The van der Waals surface area contributed by atoms with Crippen LogP contribution in [-0.4, -0.2) is 4.98 Å². The van der Waals surface area contributed by atoms with Crippen molar-refractivity contribution in [1.82, 2.24) is 4.98 Å². The minimum Gasteiger partial charge on any atom is -0.444 e. The van der Waals surface area contributed by atoms with Crippen LogP contribution in [0.15, 0.2) is 47.9 Å². The van der Waals surface area contributed by atoms with E-state index in [0.717, 1.165) is 11.1 Å². The Kier molecular flexibility index (Phi) is 6.12. The smallest absolute Gasteiger partial charge is 0.181 e. The molecule has 0 aliphatic carbocycles. The minimum atomic E-state index is 0.716. The van der Waals surface area contributed by atoms with Gasteiger partial charge in [-0.1, -0.05) is 38.7 Å². The Balaban J connectivity index is 0.000000791. The Morgan fingerprint density at radius 3 is 2.50 bits per heavy atom. The highest BCUT2D eigenvalue weighted by Gasteiger charge is 1.99. The third-order valence-electron chi connectivity index (χ3n) is 1.34. The number of nitrogens with zero attached hydrogens (tertiary/aromatic N) is 1. The van der Waals surface area contributed by atoms with Gasteiger partial charge in [-0.25, -0.2) is 4.98 Å². The minimum absolute atomic E-state index is 0.716. The van der Waals surface area contributed by atoms with Gasteiger partial charge in [0.25, 0.3) is 0 Å². The number of oxazole rings is 1. The molecule has 0 radical (unpaired) electrons. The van der Waals surface area contributed by atoms with Crippen molar-refractivity contribution in [3.63, 3.8) is 0 Å². The largest absolute Gasteiger partial charge is 0.444 e. The van der Waals surface area contributed by atoms with E-state index >= 15 is 0 Å². The number of hydrogen-bond acceptors (Lipinski definition) is 2. The van der Waals surface area contributed by atoms with Gasteiger partial charge in [-0.05, 0) is 13.0 Å². The molecule has 0 bridgehead atoms. The van der Waals surface area contributed by atoms with Crippen LogP contribution >= 0.6 is 0 Å². The molecular formula is C12H17NO. The molecule has 0 aliphatic heterocycles. The van der Waals surface area contributed by atoms with Gasteiger partial charge in [-0.15, -0.1) is 0 Å². The predicted octanol–water partition coefficient (Wildman–Crippen LogP) is 3.85. The molecular weight excluding hydrogens is 174 g/mol. The second-order valence-electron chi connectivity index (χ2n) is 2.52. The second kappa shape index (κ2) is 6.89. The lowest BCUT2D eigenvalue weighted by atomic mass is 10.1. The number of allylic oxidation sites excluding steroid dienone is 4. The summed E-state index contributed by atoms with van der Waals surface area (Å²) in [5, 5.41) is 0. The fourth-order valence-corrected chi connectivity index (χ4v) is 0.854. The quantitative estimate of drug-likeness (QED) is 0.678. The number of rotatable bonds is 3. The lowest BCUT2D eigenvalue weighted by Gasteiger charge is -1.94. The van der Waals surface area contributed by atoms with Crippen LogP contribution in [0.5, 0.6) is 0 Å². The fraction of sp³-hybridized carbons (Fsp3) is 0.250. The van der Waals surface area contributed by atoms with Crippen LogP contribution in [0.3, 0.4) is 0 Å². The molecule has 0 amide bonds. The van der Waals surface area contributed by atoms with E-state index < -0.39 is 0 Å². The zero-order valence-electron chi connectivity index (χ0n) is 9.08. The van der Waals surface area contributed by atoms with Gasteiger partial charge in [0.1, 0.15) is 0 Å². The van der Waals surface area contributed by atoms with Crippen LogP contribution in [0.4, 0.5) is 0 Å². The highest BCUT2D eigenvalue weighted by molar-refractivity contribution is 5.71. The highest BCUT2D eigenvalue weighted by atomic mass is 16.3. The molecule has 0 unspecified atom stereocenters. The van der Waals surface area contributed by atoms with Gasteiger partial charge in [-0.2, -0.15) is 0 Å². The lowest BCUT2D eigenvalue weighted by Crippen LogP contribution is -1.76. The van der Waals surface area contributed by atoms with E-state index in [0.29, 0.717) is 5.76 Å². The molecule has 0 saturated heterocycles. The van der Waals surface area contributed by atoms with Crippen molar-refractivity contribution in [3.05, 3.63) is 49.2 Å². The van der Waals surface area contributed by atoms with Crippen LogP contribution in [0, 0.1) is 0 Å². The molecule has 0 fully saturated rings. The van der Waals surface area contributed by atoms with Gasteiger partial charge < -0.3 is 4.42 Å². The molecule has 0 spiro atoms. The van der Waals surface area contributed by atoms with Crippen molar-refractivity contribution >= 4 is 5.57 Å². The maximum Gasteiger partial charge on any atom is 0.181 e. The molecule has 2 heteroatoms. The van der Waals surface area contributed by atoms with E-state index in [2.05, 4.69) is 18.1 Å². The summed E-state index contributed by atoms with van der Waals surface area (Å²) in [5.41, 5.74) is 1.86. The summed E-state index contributed by atoms with van der Waals surface area (Å²) in [6, 6.07) is 0. The van der Waals surface area contributed by atoms with Crippen LogP contribution in [-0.2, 0) is 0 Å². The summed E-state index contributed by atoms with van der Waals surface area (Å²) in [5.74, 6) is 0.716. The summed E-state index contributed by atoms with van der Waals surface area (Å²) in [4.78, 5) is 3.81. The van der Waals surface area contributed by atoms with Gasteiger partial charge in [0.2, 0.25) is 0 Å². The van der Waals surface area contributed by atoms with E-state index in [1.54, 1.807) is 12.3 Å². The first-order valence-electron chi connectivity index (χ1n) is 4.62. The Morgan fingerprint density at radius 1 is 1.50 bits per heavy atom. The molecule has 0 aromatic carbocycles. The van der Waals surface area contributed by atoms with Crippen molar-refractivity contribution in [2.45, 2.75) is 20.8 Å². The van der Waals surface area contributed by atoms with Crippen LogP contribution in [0.25, 0.3) is 5.57 Å². The number of hydrogen-bond donors (Lipinski definition) is 0. The SMILES string of the molecule is C=C/C(=C\C(=C)C)c1cnco1.CC. The fourth-order valence-electron chi connectivity index (χ4n) is 0.854. The standard InChI is InChI=1S/C10H11NO.C2H6/c1-4-9(5-8(2)3)10-6-11-7-12-10;1-2/h4-7H,1-2H2,3H3;1-2H3/b9-5+;. The van der Waals surface area contributed by atoms with E-state index in [1.165, 1.54) is 6.39 Å². The summed E-state index contributed by atoms with van der Waals surface area (Å²) in [6.45, 7) is 13.4. The highest BCUT2D eigenvalue weighted by Crippen LogP contribution is 2.15. The van der Waals surface area contributed by atoms with E-state index in [1.807, 2.05) is 26.8 Å². The lowest BCUT2D eigenvalue weighted by molar-refractivity contribution is 0.545. The normalized spacial score (nSPS) is 10.1. The molecule has 0 N–H and O–H groups in total. The van der Waals surface area contributed by atoms with E-state index in [-0.39, 0.29) is 0 Å². The molecule has 0 aliphatic rings. The van der Waals surface area contributed by atoms with Gasteiger partial charge in [0.05, 0.1) is 6.20 Å². The molecule has 2 nitrogen and oxygen atoms in total. The monoisotopic (exact) mass is 191 g/mol. The summed E-state index contributed by atoms with van der Waals surface area (Å²) >= 11 is 0. The first-order valence-corrected chi connectivity index (χ1v) is 4.62. The molecule has 14 heavy (non-hydrogen) atoms. The molecule has 1 aromatic rings. The van der Waals surface area contributed by atoms with Crippen molar-refractivity contribution in [1.29, 1.82) is 0 Å². The Bertz CT molecular complexity index is 307. The van der Waals surface area contributed by atoms with Crippen LogP contribution in [0.1, 0.15) is 26.5 Å². The Hall–Kier alpha value is -1.57. The molecule has 1 rings (SSSR count). The summed E-state index contributed by atoms with van der Waals surface area (Å²) in [6.07, 6.45) is 6.66. The first kappa shape index (κ1) is 12.4. The summed E-state index contributed by atoms with van der Waals surface area (Å²) in [7, 11) is 0. The zero-order valence-corrected chi connectivity index (χ0v) is 9.08.